The predicted octanol–water partition coefficient (Wildman–Crippen LogP) is 1.68. The van der Waals surface area contributed by atoms with Gasteiger partial charge in [0.1, 0.15) is 0 Å². The lowest BCUT2D eigenvalue weighted by Crippen LogP contribution is -2.38. The minimum absolute atomic E-state index is 0.0358. The predicted molar refractivity (Wildman–Crippen MR) is 73.1 cm³/mol. The maximum absolute atomic E-state index is 11.9. The maximum atomic E-state index is 11.9. The molecule has 1 aliphatic rings. The number of hydrogen-bond donors (Lipinski definition) is 1. The minimum Gasteiger partial charge on any atom is -0.351 e. The van der Waals surface area contributed by atoms with Gasteiger partial charge in [-0.05, 0) is 18.4 Å². The van der Waals surface area contributed by atoms with Crippen LogP contribution in [0.5, 0.6) is 0 Å². The van der Waals surface area contributed by atoms with Gasteiger partial charge < -0.3 is 5.32 Å². The smallest absolute Gasteiger partial charge is 0.234 e. The molecular weight excluding hydrogens is 238 g/mol. The molecule has 0 atom stereocenters. The van der Waals surface area contributed by atoms with Gasteiger partial charge in [-0.15, -0.1) is 0 Å². The van der Waals surface area contributed by atoms with Gasteiger partial charge >= 0.3 is 0 Å². The van der Waals surface area contributed by atoms with Gasteiger partial charge in [-0.2, -0.15) is 5.26 Å². The van der Waals surface area contributed by atoms with E-state index in [9.17, 15) is 4.79 Å². The van der Waals surface area contributed by atoms with Crippen molar-refractivity contribution in [2.75, 3.05) is 13.1 Å². The molecule has 1 aromatic rings. The summed E-state index contributed by atoms with van der Waals surface area (Å²) in [5.41, 5.74) is 1.10. The Balaban J connectivity index is 1.75. The van der Waals surface area contributed by atoms with E-state index in [-0.39, 0.29) is 5.91 Å². The molecule has 1 aliphatic carbocycles. The van der Waals surface area contributed by atoms with Crippen molar-refractivity contribution in [3.05, 3.63) is 35.9 Å². The van der Waals surface area contributed by atoms with Crippen molar-refractivity contribution in [1.82, 2.24) is 10.2 Å². The fraction of sp³-hybridized carbons (Fsp3) is 0.467. The lowest BCUT2D eigenvalue weighted by Gasteiger charge is -2.19. The van der Waals surface area contributed by atoms with E-state index in [0.29, 0.717) is 32.1 Å². The second-order valence-electron chi connectivity index (χ2n) is 4.87. The molecule has 0 unspecified atom stereocenters. The maximum Gasteiger partial charge on any atom is 0.234 e. The second-order valence-corrected chi connectivity index (χ2v) is 4.87. The Morgan fingerprint density at radius 2 is 2.11 bits per heavy atom. The summed E-state index contributed by atoms with van der Waals surface area (Å²) in [7, 11) is 0. The van der Waals surface area contributed by atoms with E-state index >= 15 is 0 Å². The highest BCUT2D eigenvalue weighted by Gasteiger charge is 2.29. The first-order valence-electron chi connectivity index (χ1n) is 6.71. The second kappa shape index (κ2) is 6.91. The molecule has 100 valence electrons. The summed E-state index contributed by atoms with van der Waals surface area (Å²) in [5, 5.41) is 11.6. The van der Waals surface area contributed by atoms with E-state index < -0.39 is 0 Å². The molecule has 0 bridgehead atoms. The van der Waals surface area contributed by atoms with E-state index in [4.69, 9.17) is 5.26 Å². The first kappa shape index (κ1) is 13.6. The van der Waals surface area contributed by atoms with Crippen LogP contribution in [0.25, 0.3) is 0 Å². The van der Waals surface area contributed by atoms with E-state index in [1.165, 1.54) is 0 Å². The van der Waals surface area contributed by atoms with Gasteiger partial charge in [0, 0.05) is 25.6 Å². The lowest BCUT2D eigenvalue weighted by atomic mass is 10.2. The fourth-order valence-corrected chi connectivity index (χ4v) is 2.06. The molecule has 1 aromatic carbocycles. The summed E-state index contributed by atoms with van der Waals surface area (Å²) in [6, 6.07) is 12.5. The van der Waals surface area contributed by atoms with Crippen molar-refractivity contribution in [2.45, 2.75) is 31.8 Å². The van der Waals surface area contributed by atoms with Crippen molar-refractivity contribution >= 4 is 5.91 Å². The number of rotatable bonds is 7. The molecule has 2 rings (SSSR count). The Bertz CT molecular complexity index is 448. The standard InChI is InChI=1S/C15H19N3O/c16-9-4-10-18(14-7-8-14)12-15(19)17-11-13-5-2-1-3-6-13/h1-3,5-6,14H,4,7-8,10-12H2,(H,17,19). The highest BCUT2D eigenvalue weighted by molar-refractivity contribution is 5.78. The molecule has 0 spiro atoms. The van der Waals surface area contributed by atoms with Crippen LogP contribution in [-0.2, 0) is 11.3 Å². The topological polar surface area (TPSA) is 56.1 Å². The number of amides is 1. The van der Waals surface area contributed by atoms with E-state index in [1.807, 2.05) is 30.3 Å². The summed E-state index contributed by atoms with van der Waals surface area (Å²) < 4.78 is 0. The molecule has 1 fully saturated rings. The number of benzene rings is 1. The van der Waals surface area contributed by atoms with Crippen LogP contribution >= 0.6 is 0 Å². The van der Waals surface area contributed by atoms with Crippen LogP contribution < -0.4 is 5.32 Å². The van der Waals surface area contributed by atoms with Crippen LogP contribution in [0.2, 0.25) is 0 Å². The summed E-state index contributed by atoms with van der Waals surface area (Å²) in [5.74, 6) is 0.0358. The van der Waals surface area contributed by atoms with Crippen molar-refractivity contribution in [3.8, 4) is 6.07 Å². The molecule has 1 amide bonds. The molecule has 0 heterocycles. The number of hydrogen-bond acceptors (Lipinski definition) is 3. The molecule has 4 nitrogen and oxygen atoms in total. The highest BCUT2D eigenvalue weighted by atomic mass is 16.2. The average molecular weight is 257 g/mol. The highest BCUT2D eigenvalue weighted by Crippen LogP contribution is 2.26. The number of nitrogens with one attached hydrogen (secondary N) is 1. The van der Waals surface area contributed by atoms with Gasteiger partial charge in [-0.3, -0.25) is 9.69 Å². The van der Waals surface area contributed by atoms with Crippen molar-refractivity contribution in [3.63, 3.8) is 0 Å². The van der Waals surface area contributed by atoms with Crippen LogP contribution in [0.4, 0.5) is 0 Å². The first-order valence-corrected chi connectivity index (χ1v) is 6.71. The third-order valence-electron chi connectivity index (χ3n) is 3.25. The van der Waals surface area contributed by atoms with Crippen LogP contribution in [-0.4, -0.2) is 29.9 Å². The normalized spacial score (nSPS) is 14.1. The van der Waals surface area contributed by atoms with E-state index in [0.717, 1.165) is 18.4 Å². The summed E-state index contributed by atoms with van der Waals surface area (Å²) >= 11 is 0. The van der Waals surface area contributed by atoms with E-state index in [2.05, 4.69) is 16.3 Å². The van der Waals surface area contributed by atoms with Crippen LogP contribution in [0.1, 0.15) is 24.8 Å². The van der Waals surface area contributed by atoms with Gasteiger partial charge in [0.25, 0.3) is 0 Å². The fourth-order valence-electron chi connectivity index (χ4n) is 2.06. The quantitative estimate of drug-likeness (QED) is 0.808. The first-order chi connectivity index (χ1) is 9.29. The van der Waals surface area contributed by atoms with Gasteiger partial charge in [-0.25, -0.2) is 0 Å². The van der Waals surface area contributed by atoms with Crippen molar-refractivity contribution < 1.29 is 4.79 Å². The third kappa shape index (κ3) is 4.72. The molecule has 0 aromatic heterocycles. The van der Waals surface area contributed by atoms with Gasteiger partial charge in [0.15, 0.2) is 0 Å². The summed E-state index contributed by atoms with van der Waals surface area (Å²) in [6.45, 7) is 1.66. The Labute approximate surface area is 114 Å². The molecule has 4 heteroatoms. The molecule has 19 heavy (non-hydrogen) atoms. The number of carbonyl (C=O) groups is 1. The lowest BCUT2D eigenvalue weighted by molar-refractivity contribution is -0.122. The Kier molecular flexibility index (Phi) is 4.93. The number of nitriles is 1. The van der Waals surface area contributed by atoms with Gasteiger partial charge in [-0.1, -0.05) is 30.3 Å². The number of carbonyl (C=O) groups excluding carboxylic acids is 1. The molecule has 1 saturated carbocycles. The molecule has 0 radical (unpaired) electrons. The van der Waals surface area contributed by atoms with Crippen LogP contribution in [0.15, 0.2) is 30.3 Å². The Hall–Kier alpha value is -1.86. The average Bonchev–Trinajstić information content (AvgIpc) is 3.27. The van der Waals surface area contributed by atoms with Crippen molar-refractivity contribution in [2.24, 2.45) is 0 Å². The molecule has 0 aliphatic heterocycles. The molecular formula is C15H19N3O. The summed E-state index contributed by atoms with van der Waals surface area (Å²) in [4.78, 5) is 14.0. The largest absolute Gasteiger partial charge is 0.351 e. The zero-order valence-corrected chi connectivity index (χ0v) is 11.0. The van der Waals surface area contributed by atoms with E-state index in [1.54, 1.807) is 0 Å². The number of nitrogens with zero attached hydrogens (tertiary/aromatic N) is 2. The van der Waals surface area contributed by atoms with Gasteiger partial charge in [0.2, 0.25) is 5.91 Å². The monoisotopic (exact) mass is 257 g/mol. The van der Waals surface area contributed by atoms with Crippen LogP contribution in [0.3, 0.4) is 0 Å². The zero-order chi connectivity index (χ0) is 13.5. The summed E-state index contributed by atoms with van der Waals surface area (Å²) in [6.07, 6.45) is 2.79. The van der Waals surface area contributed by atoms with Crippen LogP contribution in [0, 0.1) is 11.3 Å². The minimum atomic E-state index is 0.0358. The molecule has 1 N–H and O–H groups in total. The van der Waals surface area contributed by atoms with Gasteiger partial charge in [0.05, 0.1) is 12.6 Å². The Morgan fingerprint density at radius 1 is 1.37 bits per heavy atom. The Morgan fingerprint density at radius 3 is 2.74 bits per heavy atom. The molecule has 0 saturated heterocycles. The third-order valence-corrected chi connectivity index (χ3v) is 3.25. The zero-order valence-electron chi connectivity index (χ0n) is 11.0. The SMILES string of the molecule is N#CCCN(CC(=O)NCc1ccccc1)C1CC1. The van der Waals surface area contributed by atoms with Crippen molar-refractivity contribution in [1.29, 1.82) is 5.26 Å².